The molecule has 2 aromatic heterocycles. The molecule has 0 aliphatic heterocycles. The topological polar surface area (TPSA) is 59.9 Å². The van der Waals surface area contributed by atoms with Gasteiger partial charge in [-0.1, -0.05) is 11.4 Å². The Bertz CT molecular complexity index is 514. The van der Waals surface area contributed by atoms with E-state index in [0.717, 1.165) is 28.3 Å². The molecule has 6 heteroatoms. The van der Waals surface area contributed by atoms with Crippen molar-refractivity contribution in [1.82, 2.24) is 19.9 Å². The Hall–Kier alpha value is -1.53. The monoisotopic (exact) mass is 264 g/mol. The third-order valence-corrected chi connectivity index (χ3v) is 3.61. The zero-order valence-corrected chi connectivity index (χ0v) is 11.5. The summed E-state index contributed by atoms with van der Waals surface area (Å²) < 4.78 is 9.24. The molecular formula is C12H16N4OS. The van der Waals surface area contributed by atoms with Gasteiger partial charge in [0.25, 0.3) is 0 Å². The van der Waals surface area contributed by atoms with Gasteiger partial charge in [-0.2, -0.15) is 0 Å². The van der Waals surface area contributed by atoms with Crippen LogP contribution < -0.4 is 10.1 Å². The molecule has 1 atom stereocenters. The van der Waals surface area contributed by atoms with Crippen LogP contribution in [-0.4, -0.2) is 28.7 Å². The van der Waals surface area contributed by atoms with Crippen molar-refractivity contribution in [3.63, 3.8) is 0 Å². The van der Waals surface area contributed by atoms with Gasteiger partial charge in [0.05, 0.1) is 29.9 Å². The van der Waals surface area contributed by atoms with Gasteiger partial charge < -0.3 is 10.1 Å². The summed E-state index contributed by atoms with van der Waals surface area (Å²) in [6, 6.07) is 2.04. The number of hydrogen-bond donors (Lipinski definition) is 1. The molecule has 1 N–H and O–H groups in total. The van der Waals surface area contributed by atoms with Gasteiger partial charge in [0, 0.05) is 6.20 Å². The Morgan fingerprint density at radius 1 is 1.44 bits per heavy atom. The van der Waals surface area contributed by atoms with Crippen LogP contribution in [0.3, 0.4) is 0 Å². The van der Waals surface area contributed by atoms with E-state index in [2.05, 4.69) is 26.8 Å². The summed E-state index contributed by atoms with van der Waals surface area (Å²) in [5.41, 5.74) is 2.08. The van der Waals surface area contributed by atoms with Crippen LogP contribution in [0.2, 0.25) is 0 Å². The smallest absolute Gasteiger partial charge is 0.137 e. The largest absolute Gasteiger partial charge is 0.495 e. The number of nitrogens with zero attached hydrogens (tertiary/aromatic N) is 3. The van der Waals surface area contributed by atoms with Gasteiger partial charge >= 0.3 is 0 Å². The molecule has 0 saturated carbocycles. The van der Waals surface area contributed by atoms with Crippen LogP contribution in [0.1, 0.15) is 29.1 Å². The third kappa shape index (κ3) is 2.49. The van der Waals surface area contributed by atoms with E-state index in [1.807, 2.05) is 19.3 Å². The van der Waals surface area contributed by atoms with Crippen molar-refractivity contribution < 1.29 is 4.74 Å². The molecule has 2 aromatic rings. The average Bonchev–Trinajstić information content (AvgIpc) is 2.88. The van der Waals surface area contributed by atoms with Gasteiger partial charge in [-0.25, -0.2) is 0 Å². The maximum atomic E-state index is 5.21. The molecule has 0 aromatic carbocycles. The van der Waals surface area contributed by atoms with Crippen molar-refractivity contribution in [3.8, 4) is 5.75 Å². The number of aryl methyl sites for hydroxylation is 1. The number of ether oxygens (including phenoxy) is 1. The molecule has 1 unspecified atom stereocenters. The van der Waals surface area contributed by atoms with Gasteiger partial charge in [0.1, 0.15) is 5.75 Å². The lowest BCUT2D eigenvalue weighted by molar-refractivity contribution is 0.411. The molecule has 0 radical (unpaired) electrons. The molecule has 96 valence electrons. The predicted octanol–water partition coefficient (Wildman–Crippen LogP) is 1.81. The minimum absolute atomic E-state index is 0.0579. The Morgan fingerprint density at radius 3 is 2.94 bits per heavy atom. The van der Waals surface area contributed by atoms with Crippen LogP contribution in [0.4, 0.5) is 0 Å². The Labute approximate surface area is 110 Å². The highest BCUT2D eigenvalue weighted by atomic mass is 32.1. The van der Waals surface area contributed by atoms with E-state index >= 15 is 0 Å². The summed E-state index contributed by atoms with van der Waals surface area (Å²) in [5, 5.41) is 7.43. The minimum atomic E-state index is 0.0579. The summed E-state index contributed by atoms with van der Waals surface area (Å²) >= 11 is 1.42. The van der Waals surface area contributed by atoms with Crippen molar-refractivity contribution in [2.75, 3.05) is 14.2 Å². The summed E-state index contributed by atoms with van der Waals surface area (Å²) in [5.74, 6) is 0.753. The first-order chi connectivity index (χ1) is 8.80. The lowest BCUT2D eigenvalue weighted by atomic mass is 10.1. The molecule has 0 fully saturated rings. The maximum absolute atomic E-state index is 5.21. The highest BCUT2D eigenvalue weighted by molar-refractivity contribution is 7.05. The van der Waals surface area contributed by atoms with E-state index in [1.54, 1.807) is 13.3 Å². The molecule has 0 spiro atoms. The van der Waals surface area contributed by atoms with Crippen LogP contribution in [-0.2, 0) is 6.42 Å². The van der Waals surface area contributed by atoms with Crippen molar-refractivity contribution in [2.45, 2.75) is 19.4 Å². The number of hydrogen-bond acceptors (Lipinski definition) is 6. The van der Waals surface area contributed by atoms with Gasteiger partial charge in [-0.05, 0) is 36.6 Å². The molecule has 0 aliphatic rings. The highest BCUT2D eigenvalue weighted by Crippen LogP contribution is 2.28. The minimum Gasteiger partial charge on any atom is -0.495 e. The van der Waals surface area contributed by atoms with E-state index in [0.29, 0.717) is 0 Å². The van der Waals surface area contributed by atoms with Crippen molar-refractivity contribution in [1.29, 1.82) is 0 Å². The number of rotatable bonds is 5. The van der Waals surface area contributed by atoms with E-state index in [4.69, 9.17) is 4.74 Å². The Morgan fingerprint density at radius 2 is 2.28 bits per heavy atom. The summed E-state index contributed by atoms with van der Waals surface area (Å²) in [7, 11) is 3.56. The number of aromatic nitrogens is 3. The van der Waals surface area contributed by atoms with E-state index < -0.39 is 0 Å². The second-order valence-electron chi connectivity index (χ2n) is 3.82. The first-order valence-electron chi connectivity index (χ1n) is 5.77. The Balaban J connectivity index is 2.38. The molecule has 5 nitrogen and oxygen atoms in total. The van der Waals surface area contributed by atoms with Crippen LogP contribution in [0, 0.1) is 0 Å². The normalized spacial score (nSPS) is 12.4. The molecule has 2 heterocycles. The van der Waals surface area contributed by atoms with Gasteiger partial charge in [-0.3, -0.25) is 4.98 Å². The van der Waals surface area contributed by atoms with Crippen molar-refractivity contribution in [2.24, 2.45) is 0 Å². The fourth-order valence-corrected chi connectivity index (χ4v) is 2.71. The van der Waals surface area contributed by atoms with E-state index in [1.165, 1.54) is 11.5 Å². The molecular weight excluding hydrogens is 248 g/mol. The second-order valence-corrected chi connectivity index (χ2v) is 4.60. The standard InChI is InChI=1S/C12H16N4OS/c1-4-10-12(18-16-15-10)11(13-2)8-5-9(17-3)7-14-6-8/h5-7,11,13H,4H2,1-3H3. The van der Waals surface area contributed by atoms with Gasteiger partial charge in [-0.15, -0.1) is 5.10 Å². The van der Waals surface area contributed by atoms with Crippen molar-refractivity contribution in [3.05, 3.63) is 34.6 Å². The Kier molecular flexibility index (Phi) is 4.22. The van der Waals surface area contributed by atoms with Gasteiger partial charge in [0.15, 0.2) is 0 Å². The average molecular weight is 264 g/mol. The number of pyridine rings is 1. The zero-order valence-electron chi connectivity index (χ0n) is 10.7. The molecule has 18 heavy (non-hydrogen) atoms. The molecule has 0 bridgehead atoms. The van der Waals surface area contributed by atoms with Crippen LogP contribution in [0.5, 0.6) is 5.75 Å². The fraction of sp³-hybridized carbons (Fsp3) is 0.417. The van der Waals surface area contributed by atoms with E-state index in [9.17, 15) is 0 Å². The number of nitrogens with one attached hydrogen (secondary N) is 1. The molecule has 0 aliphatic carbocycles. The SMILES string of the molecule is CCc1nnsc1C(NC)c1cncc(OC)c1. The first kappa shape index (κ1) is 12.9. The molecule has 0 amide bonds. The fourth-order valence-electron chi connectivity index (χ4n) is 1.83. The molecule has 2 rings (SSSR count). The predicted molar refractivity (Wildman–Crippen MR) is 71.0 cm³/mol. The van der Waals surface area contributed by atoms with Gasteiger partial charge in [0.2, 0.25) is 0 Å². The molecule has 0 saturated heterocycles. The lowest BCUT2D eigenvalue weighted by Gasteiger charge is -2.15. The van der Waals surface area contributed by atoms with Crippen LogP contribution >= 0.6 is 11.5 Å². The second kappa shape index (κ2) is 5.88. The quantitative estimate of drug-likeness (QED) is 0.892. The third-order valence-electron chi connectivity index (χ3n) is 2.77. The maximum Gasteiger partial charge on any atom is 0.137 e. The van der Waals surface area contributed by atoms with E-state index in [-0.39, 0.29) is 6.04 Å². The summed E-state index contributed by atoms with van der Waals surface area (Å²) in [6.07, 6.45) is 4.41. The number of methoxy groups -OCH3 is 1. The van der Waals surface area contributed by atoms with Crippen LogP contribution in [0.15, 0.2) is 18.5 Å². The summed E-state index contributed by atoms with van der Waals surface area (Å²) in [4.78, 5) is 5.32. The lowest BCUT2D eigenvalue weighted by Crippen LogP contribution is -2.18. The highest BCUT2D eigenvalue weighted by Gasteiger charge is 2.19. The summed E-state index contributed by atoms with van der Waals surface area (Å²) in [6.45, 7) is 2.08. The first-order valence-corrected chi connectivity index (χ1v) is 6.54. The zero-order chi connectivity index (χ0) is 13.0. The van der Waals surface area contributed by atoms with Crippen LogP contribution in [0.25, 0.3) is 0 Å². The van der Waals surface area contributed by atoms with Crippen molar-refractivity contribution >= 4 is 11.5 Å².